The first kappa shape index (κ1) is 26.3. The zero-order valence-electron chi connectivity index (χ0n) is 18.1. The van der Waals surface area contributed by atoms with Gasteiger partial charge in [-0.15, -0.1) is 0 Å². The molecule has 0 atom stereocenters. The van der Waals surface area contributed by atoms with Crippen molar-refractivity contribution in [1.82, 2.24) is 0 Å². The highest BCUT2D eigenvalue weighted by Gasteiger charge is 1.95. The Hall–Kier alpha value is -0.660. The lowest BCUT2D eigenvalue weighted by Crippen LogP contribution is -1.85. The summed E-state index contributed by atoms with van der Waals surface area (Å²) in [7, 11) is 0. The van der Waals surface area contributed by atoms with Crippen molar-refractivity contribution < 1.29 is 9.90 Å². The Morgan fingerprint density at radius 1 is 0.444 bits per heavy atom. The van der Waals surface area contributed by atoms with Crippen LogP contribution in [0.1, 0.15) is 135 Å². The molecular formula is C24H47NO2. The van der Waals surface area contributed by atoms with Crippen molar-refractivity contribution in [3.05, 3.63) is 0 Å². The first-order valence-electron chi connectivity index (χ1n) is 12.1. The van der Waals surface area contributed by atoms with Gasteiger partial charge in [0.25, 0.3) is 0 Å². The highest BCUT2D eigenvalue weighted by Crippen LogP contribution is 2.15. The maximum absolute atomic E-state index is 9.92. The van der Waals surface area contributed by atoms with Crippen LogP contribution in [0.15, 0.2) is 4.99 Å². The molecular weight excluding hydrogens is 334 g/mol. The maximum atomic E-state index is 9.92. The summed E-state index contributed by atoms with van der Waals surface area (Å²) in [4.78, 5) is 13.5. The minimum Gasteiger partial charge on any atom is -0.396 e. The molecule has 0 unspecified atom stereocenters. The zero-order valence-corrected chi connectivity index (χ0v) is 18.1. The number of aliphatic imine (C=N–C) groups is 1. The molecule has 0 aromatic carbocycles. The predicted molar refractivity (Wildman–Crippen MR) is 117 cm³/mol. The van der Waals surface area contributed by atoms with E-state index in [9.17, 15) is 4.79 Å². The molecule has 0 fully saturated rings. The van der Waals surface area contributed by atoms with Crippen LogP contribution in [0.4, 0.5) is 0 Å². The normalized spacial score (nSPS) is 10.9. The Balaban J connectivity index is 2.98. The highest BCUT2D eigenvalue weighted by atomic mass is 16.2. The Kier molecular flexibility index (Phi) is 24.7. The molecule has 1 N–H and O–H groups in total. The van der Waals surface area contributed by atoms with Gasteiger partial charge in [0.2, 0.25) is 6.08 Å². The third-order valence-electron chi connectivity index (χ3n) is 5.49. The standard InChI is InChI=1S/C24H47NO2/c26-23-21-19-17-15-13-11-9-7-5-3-1-2-4-6-8-10-12-14-16-18-20-22-25-24-27/h26H,1-23H2. The van der Waals surface area contributed by atoms with Gasteiger partial charge in [-0.2, -0.15) is 0 Å². The first-order valence-corrected chi connectivity index (χ1v) is 12.1. The van der Waals surface area contributed by atoms with Crippen molar-refractivity contribution in [3.63, 3.8) is 0 Å². The number of nitrogens with zero attached hydrogens (tertiary/aromatic N) is 1. The summed E-state index contributed by atoms with van der Waals surface area (Å²) < 4.78 is 0. The fourth-order valence-corrected chi connectivity index (χ4v) is 3.71. The van der Waals surface area contributed by atoms with Crippen LogP contribution in [0, 0.1) is 0 Å². The largest absolute Gasteiger partial charge is 0.396 e. The van der Waals surface area contributed by atoms with Crippen LogP contribution in [0.2, 0.25) is 0 Å². The van der Waals surface area contributed by atoms with Gasteiger partial charge in [-0.05, 0) is 12.8 Å². The SMILES string of the molecule is O=C=NCCCCCCCCCCCCCCCCCCCCCCCO. The Morgan fingerprint density at radius 3 is 0.963 bits per heavy atom. The molecule has 0 saturated carbocycles. The second-order valence-corrected chi connectivity index (χ2v) is 8.12. The van der Waals surface area contributed by atoms with Crippen LogP contribution in [0.5, 0.6) is 0 Å². The van der Waals surface area contributed by atoms with Gasteiger partial charge in [-0.25, -0.2) is 9.79 Å². The van der Waals surface area contributed by atoms with E-state index in [-0.39, 0.29) is 0 Å². The minimum atomic E-state index is 0.363. The van der Waals surface area contributed by atoms with E-state index < -0.39 is 0 Å². The Labute approximate surface area is 169 Å². The van der Waals surface area contributed by atoms with Crippen LogP contribution in [-0.2, 0) is 4.79 Å². The fourth-order valence-electron chi connectivity index (χ4n) is 3.71. The number of hydrogen-bond donors (Lipinski definition) is 1. The first-order chi connectivity index (χ1) is 13.4. The molecule has 0 bridgehead atoms. The molecule has 0 aromatic rings. The second-order valence-electron chi connectivity index (χ2n) is 8.12. The summed E-state index contributed by atoms with van der Waals surface area (Å²) in [5, 5.41) is 8.73. The van der Waals surface area contributed by atoms with Crippen LogP contribution < -0.4 is 0 Å². The molecule has 3 nitrogen and oxygen atoms in total. The Morgan fingerprint density at radius 2 is 0.704 bits per heavy atom. The van der Waals surface area contributed by atoms with Gasteiger partial charge in [-0.1, -0.05) is 122 Å². The second kappa shape index (κ2) is 25.3. The van der Waals surface area contributed by atoms with Gasteiger partial charge >= 0.3 is 0 Å². The molecule has 0 aliphatic rings. The number of unbranched alkanes of at least 4 members (excludes halogenated alkanes) is 20. The number of isocyanates is 1. The Bertz CT molecular complexity index is 314. The summed E-state index contributed by atoms with van der Waals surface area (Å²) in [6.45, 7) is 1.02. The molecule has 0 amide bonds. The van der Waals surface area contributed by atoms with Crippen LogP contribution in [0.3, 0.4) is 0 Å². The smallest absolute Gasteiger partial charge is 0.234 e. The van der Waals surface area contributed by atoms with Crippen molar-refractivity contribution in [3.8, 4) is 0 Å². The summed E-state index contributed by atoms with van der Waals surface area (Å²) >= 11 is 0. The summed E-state index contributed by atoms with van der Waals surface area (Å²) in [5.74, 6) is 0. The van der Waals surface area contributed by atoms with Crippen LogP contribution in [0.25, 0.3) is 0 Å². The predicted octanol–water partition coefficient (Wildman–Crippen LogP) is 7.51. The van der Waals surface area contributed by atoms with E-state index in [2.05, 4.69) is 4.99 Å². The zero-order chi connectivity index (χ0) is 19.7. The third kappa shape index (κ3) is 25.3. The van der Waals surface area contributed by atoms with Crippen LogP contribution >= 0.6 is 0 Å². The molecule has 0 saturated heterocycles. The van der Waals surface area contributed by atoms with E-state index in [1.807, 2.05) is 0 Å². The molecule has 0 rings (SSSR count). The quantitative estimate of drug-likeness (QED) is 0.113. The fraction of sp³-hybridized carbons (Fsp3) is 0.958. The topological polar surface area (TPSA) is 49.7 Å². The molecule has 3 heteroatoms. The van der Waals surface area contributed by atoms with Gasteiger partial charge in [0, 0.05) is 6.61 Å². The van der Waals surface area contributed by atoms with E-state index in [0.29, 0.717) is 13.2 Å². The van der Waals surface area contributed by atoms with Gasteiger partial charge in [0.15, 0.2) is 0 Å². The van der Waals surface area contributed by atoms with Gasteiger partial charge in [-0.3, -0.25) is 0 Å². The lowest BCUT2D eigenvalue weighted by atomic mass is 10.0. The van der Waals surface area contributed by atoms with Gasteiger partial charge < -0.3 is 5.11 Å². The summed E-state index contributed by atoms with van der Waals surface area (Å²) in [5.41, 5.74) is 0. The van der Waals surface area contributed by atoms with Crippen molar-refractivity contribution in [2.45, 2.75) is 135 Å². The van der Waals surface area contributed by atoms with E-state index >= 15 is 0 Å². The van der Waals surface area contributed by atoms with E-state index in [1.165, 1.54) is 122 Å². The summed E-state index contributed by atoms with van der Waals surface area (Å²) in [6.07, 6.45) is 29.7. The number of rotatable bonds is 23. The highest BCUT2D eigenvalue weighted by molar-refractivity contribution is 5.32. The van der Waals surface area contributed by atoms with Crippen molar-refractivity contribution in [2.24, 2.45) is 4.99 Å². The molecule has 0 spiro atoms. The lowest BCUT2D eigenvalue weighted by molar-refractivity contribution is 0.282. The van der Waals surface area contributed by atoms with E-state index in [4.69, 9.17) is 5.11 Å². The van der Waals surface area contributed by atoms with E-state index in [0.717, 1.165) is 12.8 Å². The van der Waals surface area contributed by atoms with Crippen molar-refractivity contribution in [1.29, 1.82) is 0 Å². The number of aliphatic hydroxyl groups is 1. The third-order valence-corrected chi connectivity index (χ3v) is 5.49. The molecule has 27 heavy (non-hydrogen) atoms. The molecule has 0 aliphatic heterocycles. The van der Waals surface area contributed by atoms with Crippen molar-refractivity contribution >= 4 is 6.08 Å². The molecule has 0 heterocycles. The monoisotopic (exact) mass is 381 g/mol. The molecule has 0 aliphatic carbocycles. The van der Waals surface area contributed by atoms with Gasteiger partial charge in [0.05, 0.1) is 6.54 Å². The molecule has 0 radical (unpaired) electrons. The number of hydrogen-bond acceptors (Lipinski definition) is 3. The van der Waals surface area contributed by atoms with Crippen LogP contribution in [-0.4, -0.2) is 24.3 Å². The molecule has 160 valence electrons. The van der Waals surface area contributed by atoms with Crippen molar-refractivity contribution in [2.75, 3.05) is 13.2 Å². The lowest BCUT2D eigenvalue weighted by Gasteiger charge is -2.04. The molecule has 0 aromatic heterocycles. The van der Waals surface area contributed by atoms with Gasteiger partial charge in [0.1, 0.15) is 0 Å². The average Bonchev–Trinajstić information content (AvgIpc) is 2.68. The number of aliphatic hydroxyl groups excluding tert-OH is 1. The maximum Gasteiger partial charge on any atom is 0.234 e. The average molecular weight is 382 g/mol. The van der Waals surface area contributed by atoms with E-state index in [1.54, 1.807) is 6.08 Å². The minimum absolute atomic E-state index is 0.363. The number of carbonyl (C=O) groups excluding carboxylic acids is 1. The summed E-state index contributed by atoms with van der Waals surface area (Å²) in [6, 6.07) is 0.